The van der Waals surface area contributed by atoms with Crippen molar-refractivity contribution < 1.29 is 41.7 Å². The number of benzene rings is 1. The van der Waals surface area contributed by atoms with E-state index in [9.17, 15) is 22.8 Å². The van der Waals surface area contributed by atoms with Crippen molar-refractivity contribution in [3.8, 4) is 0 Å². The Kier molecular flexibility index (Phi) is 10.5. The van der Waals surface area contributed by atoms with Gasteiger partial charge in [-0.3, -0.25) is 0 Å². The van der Waals surface area contributed by atoms with Crippen molar-refractivity contribution in [2.75, 3.05) is 37.2 Å². The molecule has 34 heavy (non-hydrogen) atoms. The Morgan fingerprint density at radius 1 is 0.912 bits per heavy atom. The molecule has 0 bridgehead atoms. The van der Waals surface area contributed by atoms with Gasteiger partial charge in [0.25, 0.3) is 0 Å². The van der Waals surface area contributed by atoms with E-state index in [2.05, 4.69) is 5.32 Å². The van der Waals surface area contributed by atoms with Crippen molar-refractivity contribution in [2.45, 2.75) is 25.9 Å². The molecule has 1 N–H and O–H groups in total. The van der Waals surface area contributed by atoms with Crippen molar-refractivity contribution in [1.82, 2.24) is 5.32 Å². The standard InChI is InChI=1S/C22H26F3NO6S2/c1-13-18(31-20(27)29-9-11-33-3)17(15-7-5-6-8-16(15)22(23,24)25)19(14(2)26-13)32-21(28)30-10-12-34-4/h5-8,17,26H,9-12H2,1-4H3. The van der Waals surface area contributed by atoms with Gasteiger partial charge in [-0.25, -0.2) is 9.59 Å². The Balaban J connectivity index is 2.50. The van der Waals surface area contributed by atoms with Crippen LogP contribution in [0.5, 0.6) is 0 Å². The predicted molar refractivity (Wildman–Crippen MR) is 124 cm³/mol. The molecule has 0 saturated carbocycles. The lowest BCUT2D eigenvalue weighted by molar-refractivity contribution is -0.138. The van der Waals surface area contributed by atoms with Gasteiger partial charge in [0.2, 0.25) is 0 Å². The van der Waals surface area contributed by atoms with E-state index in [4.69, 9.17) is 18.9 Å². The number of halogens is 3. The summed E-state index contributed by atoms with van der Waals surface area (Å²) in [5.74, 6) is -0.686. The largest absolute Gasteiger partial charge is 0.513 e. The van der Waals surface area contributed by atoms with Gasteiger partial charge in [0.15, 0.2) is 0 Å². The zero-order valence-electron chi connectivity index (χ0n) is 19.1. The lowest BCUT2D eigenvalue weighted by Crippen LogP contribution is -2.30. The summed E-state index contributed by atoms with van der Waals surface area (Å²) < 4.78 is 62.3. The second kappa shape index (κ2) is 12.8. The number of carbonyl (C=O) groups excluding carboxylic acids is 2. The van der Waals surface area contributed by atoms with Crippen LogP contribution in [0, 0.1) is 0 Å². The Labute approximate surface area is 204 Å². The van der Waals surface area contributed by atoms with E-state index < -0.39 is 30.0 Å². The number of nitrogens with one attached hydrogen (secondary N) is 1. The highest BCUT2D eigenvalue weighted by molar-refractivity contribution is 7.98. The van der Waals surface area contributed by atoms with Gasteiger partial charge in [0.1, 0.15) is 30.6 Å². The predicted octanol–water partition coefficient (Wildman–Crippen LogP) is 5.89. The van der Waals surface area contributed by atoms with Crippen molar-refractivity contribution in [1.29, 1.82) is 0 Å². The Hall–Kier alpha value is -2.47. The van der Waals surface area contributed by atoms with E-state index >= 15 is 0 Å². The van der Waals surface area contributed by atoms with Crippen molar-refractivity contribution >= 4 is 35.8 Å². The van der Waals surface area contributed by atoms with E-state index in [1.807, 2.05) is 12.5 Å². The fourth-order valence-electron chi connectivity index (χ4n) is 3.17. The molecule has 0 unspecified atom stereocenters. The second-order valence-corrected chi connectivity index (χ2v) is 8.98. The molecule has 1 aliphatic heterocycles. The summed E-state index contributed by atoms with van der Waals surface area (Å²) in [6, 6.07) is 4.81. The molecule has 0 aliphatic carbocycles. The first-order valence-corrected chi connectivity index (χ1v) is 12.9. The van der Waals surface area contributed by atoms with Gasteiger partial charge in [0.05, 0.1) is 17.0 Å². The summed E-state index contributed by atoms with van der Waals surface area (Å²) in [6.45, 7) is 3.18. The first kappa shape index (κ1) is 27.8. The minimum absolute atomic E-state index is 0.0591. The molecule has 7 nitrogen and oxygen atoms in total. The maximum Gasteiger partial charge on any atom is 0.513 e. The van der Waals surface area contributed by atoms with Gasteiger partial charge in [-0.2, -0.15) is 36.7 Å². The van der Waals surface area contributed by atoms with Crippen LogP contribution in [0.3, 0.4) is 0 Å². The fourth-order valence-corrected chi connectivity index (χ4v) is 3.67. The molecule has 2 rings (SSSR count). The lowest BCUT2D eigenvalue weighted by atomic mass is 9.87. The number of carbonyl (C=O) groups is 2. The molecule has 0 amide bonds. The number of rotatable bonds is 9. The van der Waals surface area contributed by atoms with E-state index in [0.29, 0.717) is 11.5 Å². The molecule has 1 aromatic carbocycles. The molecule has 1 heterocycles. The fraction of sp³-hybridized carbons (Fsp3) is 0.455. The molecule has 0 spiro atoms. The van der Waals surface area contributed by atoms with E-state index in [0.717, 1.165) is 6.07 Å². The zero-order valence-corrected chi connectivity index (χ0v) is 20.7. The first-order chi connectivity index (χ1) is 16.1. The highest BCUT2D eigenvalue weighted by Gasteiger charge is 2.42. The summed E-state index contributed by atoms with van der Waals surface area (Å²) in [4.78, 5) is 24.6. The zero-order chi connectivity index (χ0) is 25.3. The number of thioether (sulfide) groups is 2. The molecule has 0 fully saturated rings. The summed E-state index contributed by atoms with van der Waals surface area (Å²) in [6.07, 6.45) is -3.22. The highest BCUT2D eigenvalue weighted by atomic mass is 32.2. The summed E-state index contributed by atoms with van der Waals surface area (Å²) in [7, 11) is 0. The SMILES string of the molecule is CSCCOC(=O)OC1=C(C)NC(C)=C(OC(=O)OCCSC)C1c1ccccc1C(F)(F)F. The van der Waals surface area contributed by atoms with Crippen LogP contribution in [0.1, 0.15) is 30.9 Å². The van der Waals surface area contributed by atoms with Gasteiger partial charge < -0.3 is 24.3 Å². The molecule has 0 saturated heterocycles. The molecule has 1 aromatic rings. The number of allylic oxidation sites excluding steroid dienone is 2. The van der Waals surface area contributed by atoms with Gasteiger partial charge in [-0.1, -0.05) is 18.2 Å². The third-order valence-corrected chi connectivity index (χ3v) is 5.77. The third-order valence-electron chi connectivity index (χ3n) is 4.62. The number of hydrogen-bond donors (Lipinski definition) is 1. The average molecular weight is 522 g/mol. The van der Waals surface area contributed by atoms with E-state index in [1.54, 1.807) is 0 Å². The van der Waals surface area contributed by atoms with Crippen LogP contribution >= 0.6 is 23.5 Å². The van der Waals surface area contributed by atoms with Crippen LogP contribution in [0.2, 0.25) is 0 Å². The van der Waals surface area contributed by atoms with Crippen molar-refractivity contribution in [2.24, 2.45) is 0 Å². The molecule has 1 aliphatic rings. The van der Waals surface area contributed by atoms with Crippen LogP contribution < -0.4 is 5.32 Å². The lowest BCUT2D eigenvalue weighted by Gasteiger charge is -2.31. The van der Waals surface area contributed by atoms with Crippen LogP contribution in [0.4, 0.5) is 22.8 Å². The van der Waals surface area contributed by atoms with Crippen LogP contribution in [0.25, 0.3) is 0 Å². The smallest absolute Gasteiger partial charge is 0.433 e. The Bertz CT molecular complexity index is 903. The van der Waals surface area contributed by atoms with E-state index in [-0.39, 0.29) is 41.7 Å². The maximum absolute atomic E-state index is 13.9. The van der Waals surface area contributed by atoms with Gasteiger partial charge >= 0.3 is 18.5 Å². The topological polar surface area (TPSA) is 83.1 Å². The summed E-state index contributed by atoms with van der Waals surface area (Å²) >= 11 is 2.89. The minimum atomic E-state index is -4.71. The van der Waals surface area contributed by atoms with E-state index in [1.165, 1.54) is 55.6 Å². The highest BCUT2D eigenvalue weighted by Crippen LogP contribution is 2.44. The molecule has 0 aromatic heterocycles. The third kappa shape index (κ3) is 7.52. The molecule has 0 atom stereocenters. The monoisotopic (exact) mass is 521 g/mol. The van der Waals surface area contributed by atoms with Crippen LogP contribution in [-0.2, 0) is 25.1 Å². The van der Waals surface area contributed by atoms with Gasteiger partial charge in [-0.05, 0) is 38.0 Å². The number of dihydropyridines is 1. The van der Waals surface area contributed by atoms with Crippen LogP contribution in [0.15, 0.2) is 47.2 Å². The second-order valence-electron chi connectivity index (χ2n) is 7.01. The van der Waals surface area contributed by atoms with Crippen LogP contribution in [-0.4, -0.2) is 49.5 Å². The van der Waals surface area contributed by atoms with Crippen molar-refractivity contribution in [3.05, 3.63) is 58.3 Å². The van der Waals surface area contributed by atoms with Gasteiger partial charge in [-0.15, -0.1) is 0 Å². The molecular formula is C22H26F3NO6S2. The maximum atomic E-state index is 13.9. The van der Waals surface area contributed by atoms with Crippen molar-refractivity contribution in [3.63, 3.8) is 0 Å². The Morgan fingerprint density at radius 2 is 1.38 bits per heavy atom. The molecule has 0 radical (unpaired) electrons. The summed E-state index contributed by atoms with van der Waals surface area (Å²) in [5.41, 5.74) is -0.681. The number of alkyl halides is 3. The first-order valence-electron chi connectivity index (χ1n) is 10.1. The number of hydrogen-bond acceptors (Lipinski definition) is 9. The minimum Gasteiger partial charge on any atom is -0.433 e. The molecular weight excluding hydrogens is 495 g/mol. The quantitative estimate of drug-likeness (QED) is 0.316. The average Bonchev–Trinajstić information content (AvgIpc) is 2.77. The van der Waals surface area contributed by atoms with Gasteiger partial charge in [0, 0.05) is 11.5 Å². The number of ether oxygens (including phenoxy) is 4. The molecule has 188 valence electrons. The summed E-state index contributed by atoms with van der Waals surface area (Å²) in [5, 5.41) is 2.89. The Morgan fingerprint density at radius 3 is 1.82 bits per heavy atom. The normalized spacial score (nSPS) is 14.6. The molecule has 12 heteroatoms.